The van der Waals surface area contributed by atoms with Gasteiger partial charge >= 0.3 is 0 Å². The standard InChI is InChI=1S/C22H30N2O4S/c25-22(16-23-11-8-19(9-12-23)18-5-2-1-3-6-18)24(15-21-7-4-13-28-21)20-10-14-29(26,27)17-20/h1-3,5-6,8,20-21H,4,7,9-17H2/t20-,21+/m1/s1. The molecule has 6 nitrogen and oxygen atoms in total. The number of hydrogen-bond acceptors (Lipinski definition) is 5. The monoisotopic (exact) mass is 418 g/mol. The summed E-state index contributed by atoms with van der Waals surface area (Å²) in [4.78, 5) is 17.1. The van der Waals surface area contributed by atoms with E-state index in [2.05, 4.69) is 23.1 Å². The molecule has 2 atom stereocenters. The third-order valence-electron chi connectivity index (χ3n) is 6.19. The summed E-state index contributed by atoms with van der Waals surface area (Å²) in [5.74, 6) is 0.294. The number of carbonyl (C=O) groups excluding carboxylic acids is 1. The number of benzene rings is 1. The molecule has 0 aliphatic carbocycles. The van der Waals surface area contributed by atoms with E-state index in [4.69, 9.17) is 4.74 Å². The lowest BCUT2D eigenvalue weighted by molar-refractivity contribution is -0.136. The van der Waals surface area contributed by atoms with Crippen molar-refractivity contribution in [3.63, 3.8) is 0 Å². The molecule has 2 saturated heterocycles. The zero-order valence-electron chi connectivity index (χ0n) is 16.8. The molecule has 158 valence electrons. The molecule has 0 saturated carbocycles. The first-order chi connectivity index (χ1) is 14.0. The smallest absolute Gasteiger partial charge is 0.237 e. The van der Waals surface area contributed by atoms with Crippen LogP contribution in [0.3, 0.4) is 0 Å². The molecule has 4 rings (SSSR count). The van der Waals surface area contributed by atoms with E-state index in [-0.39, 0.29) is 29.6 Å². The van der Waals surface area contributed by atoms with Gasteiger partial charge in [0.05, 0.1) is 24.2 Å². The molecule has 0 aromatic heterocycles. The minimum Gasteiger partial charge on any atom is -0.376 e. The number of amides is 1. The van der Waals surface area contributed by atoms with Crippen LogP contribution < -0.4 is 0 Å². The number of rotatable bonds is 6. The minimum absolute atomic E-state index is 0.0270. The zero-order valence-corrected chi connectivity index (χ0v) is 17.6. The van der Waals surface area contributed by atoms with Gasteiger partial charge in [-0.05, 0) is 36.8 Å². The van der Waals surface area contributed by atoms with Gasteiger partial charge in [-0.15, -0.1) is 0 Å². The Balaban J connectivity index is 1.39. The molecule has 3 heterocycles. The molecule has 3 aliphatic rings. The summed E-state index contributed by atoms with van der Waals surface area (Å²) in [7, 11) is -3.04. The topological polar surface area (TPSA) is 66.9 Å². The molecular formula is C22H30N2O4S. The molecule has 2 fully saturated rings. The first kappa shape index (κ1) is 20.6. The SMILES string of the molecule is O=C(CN1CC=C(c2ccccc2)CC1)N(C[C@@H]1CCCO1)[C@@H]1CCS(=O)(=O)C1. The van der Waals surface area contributed by atoms with Crippen molar-refractivity contribution < 1.29 is 17.9 Å². The highest BCUT2D eigenvalue weighted by Gasteiger charge is 2.36. The van der Waals surface area contributed by atoms with E-state index >= 15 is 0 Å². The zero-order chi connectivity index (χ0) is 20.3. The molecule has 0 bridgehead atoms. The Morgan fingerprint density at radius 1 is 1.21 bits per heavy atom. The van der Waals surface area contributed by atoms with Crippen LogP contribution in [0.5, 0.6) is 0 Å². The Hall–Kier alpha value is -1.70. The van der Waals surface area contributed by atoms with Gasteiger partial charge < -0.3 is 9.64 Å². The molecule has 1 amide bonds. The Kier molecular flexibility index (Phi) is 6.37. The molecule has 0 unspecified atom stereocenters. The van der Waals surface area contributed by atoms with Gasteiger partial charge in [0.1, 0.15) is 0 Å². The van der Waals surface area contributed by atoms with E-state index in [1.165, 1.54) is 11.1 Å². The van der Waals surface area contributed by atoms with E-state index in [0.29, 0.717) is 19.5 Å². The van der Waals surface area contributed by atoms with Gasteiger partial charge in [-0.25, -0.2) is 8.42 Å². The second-order valence-electron chi connectivity index (χ2n) is 8.32. The maximum Gasteiger partial charge on any atom is 0.237 e. The largest absolute Gasteiger partial charge is 0.376 e. The van der Waals surface area contributed by atoms with E-state index < -0.39 is 9.84 Å². The number of sulfone groups is 1. The maximum atomic E-state index is 13.2. The van der Waals surface area contributed by atoms with Crippen molar-refractivity contribution in [1.29, 1.82) is 0 Å². The van der Waals surface area contributed by atoms with Gasteiger partial charge in [-0.3, -0.25) is 9.69 Å². The second kappa shape index (κ2) is 8.98. The molecule has 29 heavy (non-hydrogen) atoms. The highest BCUT2D eigenvalue weighted by atomic mass is 32.2. The fraction of sp³-hybridized carbons (Fsp3) is 0.591. The summed E-state index contributed by atoms with van der Waals surface area (Å²) in [6.07, 6.45) is 5.65. The molecule has 1 aromatic rings. The van der Waals surface area contributed by atoms with E-state index in [9.17, 15) is 13.2 Å². The van der Waals surface area contributed by atoms with E-state index in [1.807, 2.05) is 18.2 Å². The van der Waals surface area contributed by atoms with Gasteiger partial charge in [0.25, 0.3) is 0 Å². The van der Waals surface area contributed by atoms with Crippen molar-refractivity contribution in [2.24, 2.45) is 0 Å². The van der Waals surface area contributed by atoms with Gasteiger partial charge in [-0.1, -0.05) is 36.4 Å². The van der Waals surface area contributed by atoms with E-state index in [1.54, 1.807) is 4.90 Å². The van der Waals surface area contributed by atoms with Crippen LogP contribution in [0.15, 0.2) is 36.4 Å². The fourth-order valence-corrected chi connectivity index (χ4v) is 6.27. The van der Waals surface area contributed by atoms with Gasteiger partial charge in [0.15, 0.2) is 9.84 Å². The van der Waals surface area contributed by atoms with Crippen LogP contribution >= 0.6 is 0 Å². The summed E-state index contributed by atoms with van der Waals surface area (Å²) >= 11 is 0. The lowest BCUT2D eigenvalue weighted by Gasteiger charge is -2.33. The molecule has 1 aromatic carbocycles. The lowest BCUT2D eigenvalue weighted by Crippen LogP contribution is -2.49. The normalized spacial score (nSPS) is 27.0. The maximum absolute atomic E-state index is 13.2. The predicted molar refractivity (Wildman–Crippen MR) is 113 cm³/mol. The first-order valence-corrected chi connectivity index (χ1v) is 12.4. The van der Waals surface area contributed by atoms with Crippen molar-refractivity contribution in [2.45, 2.75) is 37.8 Å². The van der Waals surface area contributed by atoms with Crippen molar-refractivity contribution in [1.82, 2.24) is 9.80 Å². The molecular weight excluding hydrogens is 388 g/mol. The Morgan fingerprint density at radius 2 is 2.03 bits per heavy atom. The van der Waals surface area contributed by atoms with Gasteiger partial charge in [-0.2, -0.15) is 0 Å². The minimum atomic E-state index is -3.04. The lowest BCUT2D eigenvalue weighted by atomic mass is 9.99. The Bertz CT molecular complexity index is 847. The molecule has 3 aliphatic heterocycles. The summed E-state index contributed by atoms with van der Waals surface area (Å²) < 4.78 is 29.7. The first-order valence-electron chi connectivity index (χ1n) is 10.6. The summed E-state index contributed by atoms with van der Waals surface area (Å²) in [5.41, 5.74) is 2.57. The molecule has 0 radical (unpaired) electrons. The van der Waals surface area contributed by atoms with Crippen LogP contribution in [0.4, 0.5) is 0 Å². The number of hydrogen-bond donors (Lipinski definition) is 0. The quantitative estimate of drug-likeness (QED) is 0.707. The van der Waals surface area contributed by atoms with E-state index in [0.717, 1.165) is 39.0 Å². The van der Waals surface area contributed by atoms with Crippen LogP contribution in [-0.2, 0) is 19.4 Å². The van der Waals surface area contributed by atoms with Crippen LogP contribution in [-0.4, -0.2) is 80.6 Å². The van der Waals surface area contributed by atoms with Crippen LogP contribution in [0.1, 0.15) is 31.2 Å². The molecule has 7 heteroatoms. The van der Waals surface area contributed by atoms with Gasteiger partial charge in [0.2, 0.25) is 5.91 Å². The number of carbonyl (C=O) groups is 1. The predicted octanol–water partition coefficient (Wildman–Crippen LogP) is 1.97. The van der Waals surface area contributed by atoms with Crippen LogP contribution in [0, 0.1) is 0 Å². The average Bonchev–Trinajstić information content (AvgIpc) is 3.36. The highest BCUT2D eigenvalue weighted by molar-refractivity contribution is 7.91. The third kappa shape index (κ3) is 5.27. The summed E-state index contributed by atoms with van der Waals surface area (Å²) in [6.45, 7) is 3.16. The van der Waals surface area contributed by atoms with Gasteiger partial charge in [0, 0.05) is 32.3 Å². The molecule has 0 N–H and O–H groups in total. The Labute approximate surface area is 173 Å². The average molecular weight is 419 g/mol. The van der Waals surface area contributed by atoms with Crippen LogP contribution in [0.2, 0.25) is 0 Å². The Morgan fingerprint density at radius 3 is 2.66 bits per heavy atom. The summed E-state index contributed by atoms with van der Waals surface area (Å²) in [5, 5.41) is 0. The van der Waals surface area contributed by atoms with Crippen molar-refractivity contribution in [3.8, 4) is 0 Å². The van der Waals surface area contributed by atoms with Crippen LogP contribution in [0.25, 0.3) is 5.57 Å². The van der Waals surface area contributed by atoms with Crippen molar-refractivity contribution in [2.75, 3.05) is 44.3 Å². The second-order valence-corrected chi connectivity index (χ2v) is 10.5. The number of ether oxygens (including phenoxy) is 1. The highest BCUT2D eigenvalue weighted by Crippen LogP contribution is 2.24. The summed E-state index contributed by atoms with van der Waals surface area (Å²) in [6, 6.07) is 10.1. The van der Waals surface area contributed by atoms with Crippen molar-refractivity contribution in [3.05, 3.63) is 42.0 Å². The molecule has 0 spiro atoms. The fourth-order valence-electron chi connectivity index (χ4n) is 4.53. The third-order valence-corrected chi connectivity index (χ3v) is 7.94. The van der Waals surface area contributed by atoms with Crippen molar-refractivity contribution >= 4 is 21.3 Å². The number of nitrogens with zero attached hydrogens (tertiary/aromatic N) is 2.